The van der Waals surface area contributed by atoms with Gasteiger partial charge in [-0.3, -0.25) is 19.5 Å². The van der Waals surface area contributed by atoms with E-state index in [0.717, 1.165) is 19.8 Å². The van der Waals surface area contributed by atoms with Crippen LogP contribution in [0.3, 0.4) is 0 Å². The molecule has 1 aliphatic rings. The summed E-state index contributed by atoms with van der Waals surface area (Å²) in [6.45, 7) is 0.371. The number of benzene rings is 1. The highest BCUT2D eigenvalue weighted by atomic mass is 79.9. The fourth-order valence-corrected chi connectivity index (χ4v) is 4.29. The summed E-state index contributed by atoms with van der Waals surface area (Å²) in [5.74, 6) is -0.431. The van der Waals surface area contributed by atoms with Gasteiger partial charge in [-0.05, 0) is 69.9 Å². The Balaban J connectivity index is 1.59. The third kappa shape index (κ3) is 3.03. The van der Waals surface area contributed by atoms with Gasteiger partial charge in [0.15, 0.2) is 0 Å². The number of aromatic nitrogens is 1. The van der Waals surface area contributed by atoms with Gasteiger partial charge in [-0.2, -0.15) is 0 Å². The molecule has 0 unspecified atom stereocenters. The lowest BCUT2D eigenvalue weighted by Gasteiger charge is -2.13. The minimum absolute atomic E-state index is 0.215. The number of hydrogen-bond donors (Lipinski definition) is 0. The van der Waals surface area contributed by atoms with Crippen molar-refractivity contribution in [2.24, 2.45) is 0 Å². The summed E-state index contributed by atoms with van der Waals surface area (Å²) >= 11 is 5.05. The Labute approximate surface area is 157 Å². The van der Waals surface area contributed by atoms with Crippen molar-refractivity contribution in [1.82, 2.24) is 9.88 Å². The number of thiophene rings is 1. The van der Waals surface area contributed by atoms with Crippen LogP contribution in [0.15, 0.2) is 58.6 Å². The third-order valence-corrected chi connectivity index (χ3v) is 5.87. The summed E-state index contributed by atoms with van der Waals surface area (Å²) < 4.78 is 1.03. The van der Waals surface area contributed by atoms with Gasteiger partial charge in [-0.1, -0.05) is 6.07 Å². The van der Waals surface area contributed by atoms with Crippen molar-refractivity contribution in [2.75, 3.05) is 6.54 Å². The second-order valence-electron chi connectivity index (χ2n) is 5.73. The molecule has 0 radical (unpaired) electrons. The molecule has 1 aromatic carbocycles. The highest BCUT2D eigenvalue weighted by Crippen LogP contribution is 2.34. The van der Waals surface area contributed by atoms with Crippen LogP contribution in [0.5, 0.6) is 0 Å². The number of carbonyl (C=O) groups is 2. The van der Waals surface area contributed by atoms with E-state index in [9.17, 15) is 9.59 Å². The molecule has 4 nitrogen and oxygen atoms in total. The van der Waals surface area contributed by atoms with Gasteiger partial charge in [0.2, 0.25) is 0 Å². The molecule has 124 valence electrons. The summed E-state index contributed by atoms with van der Waals surface area (Å²) in [6.07, 6.45) is 4.05. The number of pyridine rings is 1. The number of hydrogen-bond acceptors (Lipinski definition) is 4. The standard InChI is InChI=1S/C19H13BrN2O2S/c20-17-4-3-16(25-17)13-1-2-14-15(11-13)19(24)22(18(14)23)10-7-12-5-8-21-9-6-12/h1-6,8-9,11H,7,10H2. The van der Waals surface area contributed by atoms with Crippen molar-refractivity contribution >= 4 is 39.1 Å². The lowest BCUT2D eigenvalue weighted by molar-refractivity contribution is 0.0656. The third-order valence-electron chi connectivity index (χ3n) is 4.20. The molecule has 2 aromatic heterocycles. The number of imide groups is 1. The number of rotatable bonds is 4. The molecule has 1 aliphatic heterocycles. The van der Waals surface area contributed by atoms with Crippen molar-refractivity contribution in [2.45, 2.75) is 6.42 Å². The van der Waals surface area contributed by atoms with E-state index in [1.807, 2.05) is 36.4 Å². The zero-order valence-corrected chi connectivity index (χ0v) is 15.5. The van der Waals surface area contributed by atoms with Crippen LogP contribution in [0.2, 0.25) is 0 Å². The zero-order valence-electron chi connectivity index (χ0n) is 13.1. The maximum atomic E-state index is 12.7. The Hall–Kier alpha value is -2.31. The minimum atomic E-state index is -0.216. The van der Waals surface area contributed by atoms with Crippen LogP contribution < -0.4 is 0 Å². The smallest absolute Gasteiger partial charge is 0.261 e. The Morgan fingerprint density at radius 2 is 1.72 bits per heavy atom. The van der Waals surface area contributed by atoms with E-state index in [1.54, 1.807) is 29.8 Å². The minimum Gasteiger partial charge on any atom is -0.274 e. The summed E-state index contributed by atoms with van der Waals surface area (Å²) in [7, 11) is 0. The predicted molar refractivity (Wildman–Crippen MR) is 101 cm³/mol. The number of amides is 2. The van der Waals surface area contributed by atoms with E-state index >= 15 is 0 Å². The number of halogens is 1. The van der Waals surface area contributed by atoms with Crippen LogP contribution in [0.4, 0.5) is 0 Å². The van der Waals surface area contributed by atoms with Crippen molar-refractivity contribution in [3.8, 4) is 10.4 Å². The first kappa shape index (κ1) is 16.2. The Morgan fingerprint density at radius 1 is 0.960 bits per heavy atom. The molecule has 0 spiro atoms. The number of carbonyl (C=O) groups excluding carboxylic acids is 2. The van der Waals surface area contributed by atoms with Gasteiger partial charge in [0.05, 0.1) is 14.9 Å². The van der Waals surface area contributed by atoms with Gasteiger partial charge in [0.1, 0.15) is 0 Å². The topological polar surface area (TPSA) is 50.3 Å². The van der Waals surface area contributed by atoms with Gasteiger partial charge < -0.3 is 0 Å². The van der Waals surface area contributed by atoms with Crippen LogP contribution in [0.25, 0.3) is 10.4 Å². The van der Waals surface area contributed by atoms with Gasteiger partial charge in [-0.15, -0.1) is 11.3 Å². The number of nitrogens with zero attached hydrogens (tertiary/aromatic N) is 2. The fourth-order valence-electron chi connectivity index (χ4n) is 2.91. The Morgan fingerprint density at radius 3 is 2.44 bits per heavy atom. The first-order valence-corrected chi connectivity index (χ1v) is 9.39. The summed E-state index contributed by atoms with van der Waals surface area (Å²) in [6, 6.07) is 13.2. The SMILES string of the molecule is O=C1c2ccc(-c3ccc(Br)s3)cc2C(=O)N1CCc1ccncc1. The maximum Gasteiger partial charge on any atom is 0.261 e. The summed E-state index contributed by atoms with van der Waals surface area (Å²) in [5.41, 5.74) is 2.98. The van der Waals surface area contributed by atoms with E-state index in [-0.39, 0.29) is 11.8 Å². The normalized spacial score (nSPS) is 13.4. The average Bonchev–Trinajstić information content (AvgIpc) is 3.17. The average molecular weight is 413 g/mol. The first-order valence-electron chi connectivity index (χ1n) is 7.78. The van der Waals surface area contributed by atoms with E-state index in [1.165, 1.54) is 4.90 Å². The molecule has 2 amide bonds. The largest absolute Gasteiger partial charge is 0.274 e. The van der Waals surface area contributed by atoms with E-state index < -0.39 is 0 Å². The molecule has 3 heterocycles. The first-order chi connectivity index (χ1) is 12.1. The zero-order chi connectivity index (χ0) is 17.4. The Kier molecular flexibility index (Phi) is 4.23. The molecule has 0 atom stereocenters. The van der Waals surface area contributed by atoms with Crippen LogP contribution in [-0.2, 0) is 6.42 Å². The molecule has 0 fully saturated rings. The van der Waals surface area contributed by atoms with Crippen LogP contribution >= 0.6 is 27.3 Å². The van der Waals surface area contributed by atoms with Gasteiger partial charge >= 0.3 is 0 Å². The Bertz CT molecular complexity index is 969. The van der Waals surface area contributed by atoms with Crippen LogP contribution in [0, 0.1) is 0 Å². The second kappa shape index (κ2) is 6.54. The van der Waals surface area contributed by atoms with E-state index in [4.69, 9.17) is 0 Å². The summed E-state index contributed by atoms with van der Waals surface area (Å²) in [5, 5.41) is 0. The highest BCUT2D eigenvalue weighted by molar-refractivity contribution is 9.11. The lowest BCUT2D eigenvalue weighted by atomic mass is 10.0. The van der Waals surface area contributed by atoms with Crippen molar-refractivity contribution in [1.29, 1.82) is 0 Å². The molecule has 3 aromatic rings. The summed E-state index contributed by atoms with van der Waals surface area (Å²) in [4.78, 5) is 31.6. The monoisotopic (exact) mass is 412 g/mol. The molecule has 6 heteroatoms. The van der Waals surface area contributed by atoms with Crippen LogP contribution in [0.1, 0.15) is 26.3 Å². The molecule has 4 rings (SSSR count). The molecule has 0 N–H and O–H groups in total. The fraction of sp³-hybridized carbons (Fsp3) is 0.105. The van der Waals surface area contributed by atoms with Gasteiger partial charge in [0, 0.05) is 23.8 Å². The van der Waals surface area contributed by atoms with E-state index in [2.05, 4.69) is 20.9 Å². The van der Waals surface area contributed by atoms with Crippen molar-refractivity contribution < 1.29 is 9.59 Å². The van der Waals surface area contributed by atoms with Crippen LogP contribution in [-0.4, -0.2) is 28.2 Å². The quantitative estimate of drug-likeness (QED) is 0.596. The second-order valence-corrected chi connectivity index (χ2v) is 8.19. The molecule has 0 saturated carbocycles. The molecule has 0 aliphatic carbocycles. The van der Waals surface area contributed by atoms with Crippen molar-refractivity contribution in [3.63, 3.8) is 0 Å². The predicted octanol–water partition coefficient (Wildman–Crippen LogP) is 4.41. The molecular formula is C19H13BrN2O2S. The maximum absolute atomic E-state index is 12.7. The van der Waals surface area contributed by atoms with Gasteiger partial charge in [0.25, 0.3) is 11.8 Å². The highest BCUT2D eigenvalue weighted by Gasteiger charge is 2.35. The van der Waals surface area contributed by atoms with E-state index in [0.29, 0.717) is 24.1 Å². The number of fused-ring (bicyclic) bond motifs is 1. The molecule has 0 saturated heterocycles. The molecule has 0 bridgehead atoms. The van der Waals surface area contributed by atoms with Gasteiger partial charge in [-0.25, -0.2) is 0 Å². The van der Waals surface area contributed by atoms with Crippen molar-refractivity contribution in [3.05, 3.63) is 75.3 Å². The molecule has 25 heavy (non-hydrogen) atoms. The molecular weight excluding hydrogens is 400 g/mol. The lowest BCUT2D eigenvalue weighted by Crippen LogP contribution is -2.31.